The Morgan fingerprint density at radius 3 is 2.83 bits per heavy atom. The molecule has 0 amide bonds. The fourth-order valence-corrected chi connectivity index (χ4v) is 2.10. The van der Waals surface area contributed by atoms with E-state index >= 15 is 0 Å². The zero-order valence-corrected chi connectivity index (χ0v) is 10.5. The maximum absolute atomic E-state index is 9.98. The lowest BCUT2D eigenvalue weighted by Crippen LogP contribution is -2.46. The molecule has 1 fully saturated rings. The number of nitrogens with one attached hydrogen (secondary N) is 1. The van der Waals surface area contributed by atoms with E-state index in [1.165, 1.54) is 0 Å². The first-order valence-electron chi connectivity index (χ1n) is 6.31. The Morgan fingerprint density at radius 2 is 2.17 bits per heavy atom. The minimum absolute atomic E-state index is 0.279. The van der Waals surface area contributed by atoms with Crippen molar-refractivity contribution in [1.82, 2.24) is 5.32 Å². The minimum atomic E-state index is -0.491. The van der Waals surface area contributed by atoms with Crippen molar-refractivity contribution in [2.45, 2.75) is 31.4 Å². The molecule has 0 saturated heterocycles. The third kappa shape index (κ3) is 3.25. The summed E-state index contributed by atoms with van der Waals surface area (Å²) >= 11 is 0. The van der Waals surface area contributed by atoms with Gasteiger partial charge in [-0.3, -0.25) is 0 Å². The third-order valence-corrected chi connectivity index (χ3v) is 3.34. The molecule has 1 aromatic rings. The van der Waals surface area contributed by atoms with Gasteiger partial charge in [0.2, 0.25) is 0 Å². The monoisotopic (exact) mass is 245 g/mol. The van der Waals surface area contributed by atoms with Crippen molar-refractivity contribution in [3.63, 3.8) is 0 Å². The quantitative estimate of drug-likeness (QED) is 0.750. The maximum atomic E-state index is 9.98. The molecule has 0 bridgehead atoms. The van der Waals surface area contributed by atoms with Crippen LogP contribution in [0.2, 0.25) is 0 Å². The third-order valence-electron chi connectivity index (χ3n) is 3.34. The van der Waals surface area contributed by atoms with Gasteiger partial charge in [0.1, 0.15) is 12.4 Å². The van der Waals surface area contributed by atoms with E-state index in [0.717, 1.165) is 30.6 Å². The summed E-state index contributed by atoms with van der Waals surface area (Å²) in [5.41, 5.74) is 0.574. The van der Waals surface area contributed by atoms with E-state index in [-0.39, 0.29) is 6.61 Å². The summed E-state index contributed by atoms with van der Waals surface area (Å²) in [6.45, 7) is 1.60. The van der Waals surface area contributed by atoms with Gasteiger partial charge in [-0.1, -0.05) is 24.1 Å². The van der Waals surface area contributed by atoms with Gasteiger partial charge in [0.05, 0.1) is 5.60 Å². The molecular formula is C15H19NO2. The summed E-state index contributed by atoms with van der Waals surface area (Å²) in [6.07, 6.45) is 8.11. The number of hydrogen-bond donors (Lipinski definition) is 2. The molecule has 0 heterocycles. The smallest absolute Gasteiger partial charge is 0.148 e. The molecule has 2 N–H and O–H groups in total. The lowest BCUT2D eigenvalue weighted by molar-refractivity contribution is -0.0315. The van der Waals surface area contributed by atoms with E-state index in [1.54, 1.807) is 0 Å². The largest absolute Gasteiger partial charge is 0.481 e. The van der Waals surface area contributed by atoms with Crippen LogP contribution in [0.4, 0.5) is 0 Å². The van der Waals surface area contributed by atoms with Crippen molar-refractivity contribution in [2.24, 2.45) is 0 Å². The van der Waals surface area contributed by atoms with Gasteiger partial charge in [0.15, 0.2) is 0 Å². The molecule has 0 aliphatic heterocycles. The van der Waals surface area contributed by atoms with Gasteiger partial charge in [-0.15, -0.1) is 6.42 Å². The summed E-state index contributed by atoms with van der Waals surface area (Å²) < 4.78 is 5.47. The number of aliphatic hydroxyl groups is 1. The van der Waals surface area contributed by atoms with E-state index in [4.69, 9.17) is 11.2 Å². The molecule has 1 aliphatic carbocycles. The first-order chi connectivity index (χ1) is 8.73. The SMILES string of the molecule is C#CCOc1ccccc1CNCC1(O)CCC1. The van der Waals surface area contributed by atoms with Crippen molar-refractivity contribution in [1.29, 1.82) is 0 Å². The standard InChI is InChI=1S/C15H19NO2/c1-2-10-18-14-7-4-3-6-13(14)11-16-12-15(17)8-5-9-15/h1,3-4,6-7,16-17H,5,8-12H2. The van der Waals surface area contributed by atoms with Crippen LogP contribution in [0.15, 0.2) is 24.3 Å². The first kappa shape index (κ1) is 12.9. The Labute approximate surface area is 108 Å². The normalized spacial score (nSPS) is 16.7. The zero-order chi connectivity index (χ0) is 12.8. The number of hydrogen-bond acceptors (Lipinski definition) is 3. The van der Waals surface area contributed by atoms with E-state index < -0.39 is 5.60 Å². The molecule has 2 rings (SSSR count). The van der Waals surface area contributed by atoms with Crippen molar-refractivity contribution < 1.29 is 9.84 Å². The van der Waals surface area contributed by atoms with Crippen LogP contribution in [0.25, 0.3) is 0 Å². The molecule has 0 spiro atoms. The van der Waals surface area contributed by atoms with E-state index in [2.05, 4.69) is 11.2 Å². The van der Waals surface area contributed by atoms with Crippen LogP contribution < -0.4 is 10.1 Å². The summed E-state index contributed by atoms with van der Waals surface area (Å²) in [7, 11) is 0. The average Bonchev–Trinajstić information content (AvgIpc) is 2.35. The van der Waals surface area contributed by atoms with Crippen molar-refractivity contribution >= 4 is 0 Å². The van der Waals surface area contributed by atoms with Crippen LogP contribution >= 0.6 is 0 Å². The second-order valence-corrected chi connectivity index (χ2v) is 4.78. The summed E-state index contributed by atoms with van der Waals surface area (Å²) in [6, 6.07) is 7.81. The van der Waals surface area contributed by atoms with Crippen molar-refractivity contribution in [3.8, 4) is 18.1 Å². The molecule has 0 radical (unpaired) electrons. The predicted octanol–water partition coefficient (Wildman–Crippen LogP) is 1.70. The van der Waals surface area contributed by atoms with Crippen LogP contribution in [-0.4, -0.2) is 23.9 Å². The number of rotatable bonds is 6. The lowest BCUT2D eigenvalue weighted by atomic mass is 9.80. The van der Waals surface area contributed by atoms with Gasteiger partial charge in [0.25, 0.3) is 0 Å². The zero-order valence-electron chi connectivity index (χ0n) is 10.5. The van der Waals surface area contributed by atoms with Gasteiger partial charge < -0.3 is 15.2 Å². The Bertz CT molecular complexity index is 432. The van der Waals surface area contributed by atoms with Gasteiger partial charge in [0, 0.05) is 18.7 Å². The minimum Gasteiger partial charge on any atom is -0.481 e. The van der Waals surface area contributed by atoms with Crippen molar-refractivity contribution in [3.05, 3.63) is 29.8 Å². The van der Waals surface area contributed by atoms with Gasteiger partial charge in [-0.2, -0.15) is 0 Å². The average molecular weight is 245 g/mol. The summed E-state index contributed by atoms with van der Waals surface area (Å²) in [5.74, 6) is 3.27. The summed E-state index contributed by atoms with van der Waals surface area (Å²) in [4.78, 5) is 0. The van der Waals surface area contributed by atoms with Gasteiger partial charge in [-0.25, -0.2) is 0 Å². The molecule has 18 heavy (non-hydrogen) atoms. The van der Waals surface area contributed by atoms with Crippen LogP contribution in [0.3, 0.4) is 0 Å². The van der Waals surface area contributed by atoms with Crippen LogP contribution in [0.5, 0.6) is 5.75 Å². The van der Waals surface area contributed by atoms with Gasteiger partial charge >= 0.3 is 0 Å². The molecule has 1 aliphatic rings. The second kappa shape index (κ2) is 5.90. The van der Waals surface area contributed by atoms with E-state index in [1.807, 2.05) is 24.3 Å². The molecule has 1 aromatic carbocycles. The number of para-hydroxylation sites is 1. The van der Waals surface area contributed by atoms with E-state index in [9.17, 15) is 5.11 Å². The fraction of sp³-hybridized carbons (Fsp3) is 0.467. The van der Waals surface area contributed by atoms with Crippen LogP contribution in [0.1, 0.15) is 24.8 Å². The van der Waals surface area contributed by atoms with Crippen LogP contribution in [-0.2, 0) is 6.54 Å². The number of ether oxygens (including phenoxy) is 1. The lowest BCUT2D eigenvalue weighted by Gasteiger charge is -2.36. The number of benzene rings is 1. The topological polar surface area (TPSA) is 41.5 Å². The molecule has 1 saturated carbocycles. The molecule has 96 valence electrons. The van der Waals surface area contributed by atoms with Gasteiger partial charge in [-0.05, 0) is 25.3 Å². The maximum Gasteiger partial charge on any atom is 0.148 e. The molecule has 0 aromatic heterocycles. The molecule has 3 nitrogen and oxygen atoms in total. The molecular weight excluding hydrogens is 226 g/mol. The van der Waals surface area contributed by atoms with E-state index in [0.29, 0.717) is 13.1 Å². The Kier molecular flexibility index (Phi) is 4.24. The predicted molar refractivity (Wildman–Crippen MR) is 71.3 cm³/mol. The Morgan fingerprint density at radius 1 is 1.39 bits per heavy atom. The molecule has 3 heteroatoms. The number of terminal acetylenes is 1. The molecule has 0 unspecified atom stereocenters. The van der Waals surface area contributed by atoms with Crippen molar-refractivity contribution in [2.75, 3.05) is 13.2 Å². The Balaban J connectivity index is 1.86. The highest BCUT2D eigenvalue weighted by atomic mass is 16.5. The first-order valence-corrected chi connectivity index (χ1v) is 6.31. The van der Waals surface area contributed by atoms with Crippen LogP contribution in [0, 0.1) is 12.3 Å². The summed E-state index contributed by atoms with van der Waals surface area (Å²) in [5, 5.41) is 13.3. The fourth-order valence-electron chi connectivity index (χ4n) is 2.10. The highest BCUT2D eigenvalue weighted by Gasteiger charge is 2.33. The highest BCUT2D eigenvalue weighted by Crippen LogP contribution is 2.30. The highest BCUT2D eigenvalue weighted by molar-refractivity contribution is 5.33. The molecule has 0 atom stereocenters. The Hall–Kier alpha value is -1.50. The second-order valence-electron chi connectivity index (χ2n) is 4.78.